The third-order valence-corrected chi connectivity index (χ3v) is 8.15. The van der Waals surface area contributed by atoms with E-state index in [1.807, 2.05) is 29.8 Å². The number of ether oxygens (including phenoxy) is 1. The first kappa shape index (κ1) is 34.4. The summed E-state index contributed by atoms with van der Waals surface area (Å²) in [6.07, 6.45) is 4.36. The number of rotatable bonds is 13. The number of methoxy groups -OCH3 is 1. The maximum absolute atomic E-state index is 13.4. The van der Waals surface area contributed by atoms with E-state index >= 15 is 0 Å². The first-order valence-corrected chi connectivity index (χ1v) is 15.8. The molecule has 1 atom stereocenters. The number of aliphatic imine (C=N–C) groups is 1. The molecule has 0 aliphatic carbocycles. The van der Waals surface area contributed by atoms with Crippen LogP contribution in [0.5, 0.6) is 5.75 Å². The van der Waals surface area contributed by atoms with Gasteiger partial charge in [-0.1, -0.05) is 39.3 Å². The maximum Gasteiger partial charge on any atom is 0.416 e. The molecule has 2 aromatic heterocycles. The molecule has 5 rings (SSSR count). The molecule has 0 fully saturated rings. The smallest absolute Gasteiger partial charge is 0.416 e. The lowest BCUT2D eigenvalue weighted by Crippen LogP contribution is -2.58. The number of unbranched alkanes of at least 4 members (excludes halogenated alkanes) is 1. The summed E-state index contributed by atoms with van der Waals surface area (Å²) in [5.41, 5.74) is 1.46. The number of aryl methyl sites for hydroxylation is 1. The number of carbonyl (C=O) groups is 1. The predicted octanol–water partition coefficient (Wildman–Crippen LogP) is 6.88. The van der Waals surface area contributed by atoms with E-state index in [0.29, 0.717) is 35.1 Å². The fourth-order valence-electron chi connectivity index (χ4n) is 5.79. The molecule has 0 spiro atoms. The van der Waals surface area contributed by atoms with E-state index in [1.165, 1.54) is 19.2 Å². The van der Waals surface area contributed by atoms with Crippen LogP contribution in [0.15, 0.2) is 72.0 Å². The van der Waals surface area contributed by atoms with Crippen molar-refractivity contribution in [3.8, 4) is 5.75 Å². The number of hydrogen-bond acceptors (Lipinski definition) is 9. The van der Waals surface area contributed by atoms with E-state index in [2.05, 4.69) is 46.7 Å². The van der Waals surface area contributed by atoms with Gasteiger partial charge in [-0.15, -0.1) is 0 Å². The highest BCUT2D eigenvalue weighted by molar-refractivity contribution is 6.07. The molecular weight excluding hydrogens is 623 g/mol. The number of benzene rings is 2. The lowest BCUT2D eigenvalue weighted by molar-refractivity contribution is -0.137. The number of fused-ring (bicyclic) bond motifs is 1. The van der Waals surface area contributed by atoms with Gasteiger partial charge in [0.25, 0.3) is 5.91 Å². The summed E-state index contributed by atoms with van der Waals surface area (Å²) in [7, 11) is 1.50. The lowest BCUT2D eigenvalue weighted by atomic mass is 10.1. The van der Waals surface area contributed by atoms with Gasteiger partial charge in [0, 0.05) is 37.6 Å². The Labute approximate surface area is 277 Å². The van der Waals surface area contributed by atoms with E-state index in [1.54, 1.807) is 30.7 Å². The van der Waals surface area contributed by atoms with Crippen LogP contribution < -0.4 is 20.7 Å². The third kappa shape index (κ3) is 6.71. The first-order valence-electron chi connectivity index (χ1n) is 15.8. The van der Waals surface area contributed by atoms with Crippen molar-refractivity contribution in [3.05, 3.63) is 83.7 Å². The Morgan fingerprint density at radius 1 is 1.10 bits per heavy atom. The van der Waals surface area contributed by atoms with Gasteiger partial charge in [0.15, 0.2) is 5.65 Å². The van der Waals surface area contributed by atoms with Crippen LogP contribution in [0, 0.1) is 6.92 Å². The van der Waals surface area contributed by atoms with Gasteiger partial charge in [-0.3, -0.25) is 9.36 Å². The molecule has 4 aromatic rings. The summed E-state index contributed by atoms with van der Waals surface area (Å²) in [5.74, 6) is -1.11. The first-order chi connectivity index (χ1) is 23.1. The number of hydrogen-bond donors (Lipinski definition) is 3. The Hall–Kier alpha value is -4.95. The second kappa shape index (κ2) is 14.4. The van der Waals surface area contributed by atoms with E-state index in [-0.39, 0.29) is 11.3 Å². The van der Waals surface area contributed by atoms with Crippen molar-refractivity contribution in [2.75, 3.05) is 37.4 Å². The molecule has 1 amide bonds. The van der Waals surface area contributed by atoms with Gasteiger partial charge in [-0.25, -0.2) is 20.0 Å². The highest BCUT2D eigenvalue weighted by Gasteiger charge is 2.43. The Bertz CT molecular complexity index is 1800. The van der Waals surface area contributed by atoms with E-state index in [9.17, 15) is 18.0 Å². The van der Waals surface area contributed by atoms with Crippen LogP contribution in [0.25, 0.3) is 11.2 Å². The van der Waals surface area contributed by atoms with Gasteiger partial charge >= 0.3 is 6.18 Å². The summed E-state index contributed by atoms with van der Waals surface area (Å²) in [4.78, 5) is 28.1. The predicted molar refractivity (Wildman–Crippen MR) is 181 cm³/mol. The van der Waals surface area contributed by atoms with Crippen LogP contribution >= 0.6 is 0 Å². The number of anilines is 3. The maximum atomic E-state index is 13.4. The van der Waals surface area contributed by atoms with E-state index < -0.39 is 23.4 Å². The average Bonchev–Trinajstić information content (AvgIpc) is 3.46. The number of aromatic nitrogens is 3. The SMILES string of the molecule is CCCCN(N(CC)CC)C1(n2c(Nc3c(NC(=O)c4cccc(C(F)(F)F)c4)ccc(C)c3OC)nc3cccnc32)C=CNC=N1. The largest absolute Gasteiger partial charge is 0.494 e. The molecule has 2 aromatic carbocycles. The highest BCUT2D eigenvalue weighted by atomic mass is 19.4. The molecule has 0 saturated heterocycles. The zero-order valence-electron chi connectivity index (χ0n) is 27.6. The number of halogens is 3. The van der Waals surface area contributed by atoms with Crippen molar-refractivity contribution in [2.24, 2.45) is 4.99 Å². The Balaban J connectivity index is 1.68. The fourth-order valence-corrected chi connectivity index (χ4v) is 5.79. The molecule has 0 saturated carbocycles. The van der Waals surface area contributed by atoms with Crippen LogP contribution in [0.1, 0.15) is 55.1 Å². The van der Waals surface area contributed by atoms with Crippen LogP contribution in [0.2, 0.25) is 0 Å². The second-order valence-corrected chi connectivity index (χ2v) is 11.2. The Morgan fingerprint density at radius 3 is 2.56 bits per heavy atom. The number of amides is 1. The minimum atomic E-state index is -4.60. The highest BCUT2D eigenvalue weighted by Crippen LogP contribution is 2.41. The van der Waals surface area contributed by atoms with Crippen LogP contribution in [0.3, 0.4) is 0 Å². The zero-order valence-corrected chi connectivity index (χ0v) is 27.6. The van der Waals surface area contributed by atoms with Crippen molar-refractivity contribution in [2.45, 2.75) is 52.5 Å². The van der Waals surface area contributed by atoms with Crippen molar-refractivity contribution in [3.63, 3.8) is 0 Å². The topological polar surface area (TPSA) is 112 Å². The number of alkyl halides is 3. The number of pyridine rings is 1. The van der Waals surface area contributed by atoms with Crippen molar-refractivity contribution >= 4 is 40.7 Å². The van der Waals surface area contributed by atoms with E-state index in [4.69, 9.17) is 19.7 Å². The molecule has 1 aliphatic rings. The molecule has 48 heavy (non-hydrogen) atoms. The molecule has 0 bridgehead atoms. The molecule has 254 valence electrons. The summed E-state index contributed by atoms with van der Waals surface area (Å²) in [6, 6.07) is 11.3. The molecule has 1 aliphatic heterocycles. The van der Waals surface area contributed by atoms with Gasteiger partial charge in [-0.2, -0.15) is 18.2 Å². The summed E-state index contributed by atoms with van der Waals surface area (Å²) in [5, 5.41) is 13.7. The van der Waals surface area contributed by atoms with Crippen LogP contribution in [0.4, 0.5) is 30.5 Å². The molecular formula is C34H40F3N9O2. The number of nitrogens with zero attached hydrogens (tertiary/aromatic N) is 6. The number of carbonyl (C=O) groups excluding carboxylic acids is 1. The van der Waals surface area contributed by atoms with Gasteiger partial charge in [0.1, 0.15) is 17.0 Å². The van der Waals surface area contributed by atoms with Gasteiger partial charge in [0.2, 0.25) is 11.7 Å². The summed E-state index contributed by atoms with van der Waals surface area (Å²) in [6.45, 7) is 10.3. The minimum Gasteiger partial charge on any atom is -0.494 e. The van der Waals surface area contributed by atoms with Gasteiger partial charge < -0.3 is 20.7 Å². The fraction of sp³-hybridized carbons (Fsp3) is 0.353. The van der Waals surface area contributed by atoms with Crippen LogP contribution in [-0.4, -0.2) is 63.5 Å². The molecule has 1 unspecified atom stereocenters. The zero-order chi connectivity index (χ0) is 34.5. The molecule has 3 N–H and O–H groups in total. The molecule has 0 radical (unpaired) electrons. The molecule has 11 nitrogen and oxygen atoms in total. The number of imidazole rings is 1. The quantitative estimate of drug-likeness (QED) is 0.133. The van der Waals surface area contributed by atoms with Crippen molar-refractivity contribution in [1.29, 1.82) is 0 Å². The number of hydrazine groups is 1. The number of nitrogens with one attached hydrogen (secondary N) is 3. The van der Waals surface area contributed by atoms with Gasteiger partial charge in [-0.05, 0) is 61.4 Å². The molecule has 3 heterocycles. The van der Waals surface area contributed by atoms with Gasteiger partial charge in [0.05, 0.1) is 24.7 Å². The summed E-state index contributed by atoms with van der Waals surface area (Å²) < 4.78 is 48.0. The minimum absolute atomic E-state index is 0.148. The standard InChI is InChI=1S/C34H40F3N9O2/c1-6-9-20-45(44(7-2)8-3)33(17-19-38-22-40-33)46-30-27(14-11-18-39-30)42-32(46)43-28-26(16-15-23(4)29(28)48-5)41-31(47)24-12-10-13-25(21-24)34(35,36)37/h10-19,21-22H,6-9,20H2,1-5H3,(H,38,40)(H,41,47)(H,42,43). The van der Waals surface area contributed by atoms with Crippen molar-refractivity contribution in [1.82, 2.24) is 29.9 Å². The summed E-state index contributed by atoms with van der Waals surface area (Å²) >= 11 is 0. The molecule has 14 heteroatoms. The Kier molecular flexibility index (Phi) is 10.3. The monoisotopic (exact) mass is 663 g/mol. The second-order valence-electron chi connectivity index (χ2n) is 11.2. The normalized spacial score (nSPS) is 16.0. The van der Waals surface area contributed by atoms with Crippen molar-refractivity contribution < 1.29 is 22.7 Å². The van der Waals surface area contributed by atoms with E-state index in [0.717, 1.165) is 43.6 Å². The lowest BCUT2D eigenvalue weighted by Gasteiger charge is -2.46. The average molecular weight is 664 g/mol. The van der Waals surface area contributed by atoms with Crippen LogP contribution in [-0.2, 0) is 12.0 Å². The Morgan fingerprint density at radius 2 is 1.90 bits per heavy atom. The third-order valence-electron chi connectivity index (χ3n) is 8.15.